The van der Waals surface area contributed by atoms with Crippen LogP contribution in [0.1, 0.15) is 18.4 Å². The minimum Gasteiger partial charge on any atom is -0.505 e. The summed E-state index contributed by atoms with van der Waals surface area (Å²) in [5, 5.41) is 18.5. The zero-order valence-electron chi connectivity index (χ0n) is 7.56. The van der Waals surface area contributed by atoms with Crippen molar-refractivity contribution < 1.29 is 9.52 Å². The van der Waals surface area contributed by atoms with E-state index in [0.29, 0.717) is 16.7 Å². The van der Waals surface area contributed by atoms with Crippen LogP contribution in [0.25, 0.3) is 11.1 Å². The lowest BCUT2D eigenvalue weighted by Crippen LogP contribution is -1.90. The van der Waals surface area contributed by atoms with E-state index in [4.69, 9.17) is 9.68 Å². The van der Waals surface area contributed by atoms with Gasteiger partial charge in [0, 0.05) is 5.56 Å². The minimum absolute atomic E-state index is 0.0327. The lowest BCUT2D eigenvalue weighted by Gasteiger charge is -2.04. The molecule has 2 aromatic rings. The first-order valence-electron chi connectivity index (χ1n) is 4.18. The molecule has 0 spiro atoms. The van der Waals surface area contributed by atoms with E-state index >= 15 is 0 Å². The summed E-state index contributed by atoms with van der Waals surface area (Å²) in [6.45, 7) is 1.72. The molecule has 14 heavy (non-hydrogen) atoms. The highest BCUT2D eigenvalue weighted by atomic mass is 16.3. The molecule has 70 valence electrons. The first kappa shape index (κ1) is 8.57. The van der Waals surface area contributed by atoms with Gasteiger partial charge in [0.25, 0.3) is 0 Å². The molecule has 1 N–H and O–H groups in total. The Morgan fingerprint density at radius 1 is 1.57 bits per heavy atom. The SMILES string of the molecule is CC(C#N)c1ccc2ocnc2c1O. The van der Waals surface area contributed by atoms with E-state index in [0.717, 1.165) is 0 Å². The van der Waals surface area contributed by atoms with Gasteiger partial charge < -0.3 is 9.52 Å². The molecular formula is C10H8N2O2. The van der Waals surface area contributed by atoms with Gasteiger partial charge in [0.05, 0.1) is 12.0 Å². The van der Waals surface area contributed by atoms with Gasteiger partial charge in [-0.25, -0.2) is 4.98 Å². The molecule has 1 aromatic heterocycles. The molecule has 0 saturated heterocycles. The molecule has 1 aromatic carbocycles. The van der Waals surface area contributed by atoms with Crippen LogP contribution >= 0.6 is 0 Å². The number of phenols is 1. The van der Waals surface area contributed by atoms with Gasteiger partial charge in [0.15, 0.2) is 17.5 Å². The Hall–Kier alpha value is -2.02. The lowest BCUT2D eigenvalue weighted by molar-refractivity contribution is 0.472. The number of fused-ring (bicyclic) bond motifs is 1. The van der Waals surface area contributed by atoms with Crippen LogP contribution in [-0.2, 0) is 0 Å². The molecule has 2 rings (SSSR count). The number of hydrogen-bond acceptors (Lipinski definition) is 4. The summed E-state index contributed by atoms with van der Waals surface area (Å²) in [7, 11) is 0. The molecule has 0 aliphatic heterocycles. The summed E-state index contributed by atoms with van der Waals surface area (Å²) in [5.74, 6) is -0.318. The third-order valence-electron chi connectivity index (χ3n) is 2.17. The van der Waals surface area contributed by atoms with E-state index in [1.807, 2.05) is 0 Å². The van der Waals surface area contributed by atoms with Crippen molar-refractivity contribution in [1.29, 1.82) is 5.26 Å². The maximum absolute atomic E-state index is 9.77. The van der Waals surface area contributed by atoms with Crippen LogP contribution < -0.4 is 0 Å². The van der Waals surface area contributed by atoms with Crippen LogP contribution in [0.3, 0.4) is 0 Å². The summed E-state index contributed by atoms with van der Waals surface area (Å²) >= 11 is 0. The van der Waals surface area contributed by atoms with E-state index in [1.54, 1.807) is 19.1 Å². The third kappa shape index (κ3) is 1.11. The second-order valence-electron chi connectivity index (χ2n) is 3.05. The second kappa shape index (κ2) is 3.04. The summed E-state index contributed by atoms with van der Waals surface area (Å²) < 4.78 is 5.01. The van der Waals surface area contributed by atoms with Crippen molar-refractivity contribution in [1.82, 2.24) is 4.98 Å². The van der Waals surface area contributed by atoms with Gasteiger partial charge in [-0.1, -0.05) is 6.07 Å². The Bertz CT molecular complexity index is 510. The van der Waals surface area contributed by atoms with E-state index in [9.17, 15) is 5.11 Å². The number of phenolic OH excluding ortho intramolecular Hbond substituents is 1. The number of oxazole rings is 1. The summed E-state index contributed by atoms with van der Waals surface area (Å²) in [6, 6.07) is 5.44. The second-order valence-corrected chi connectivity index (χ2v) is 3.05. The highest BCUT2D eigenvalue weighted by molar-refractivity contribution is 5.81. The number of aromatic nitrogens is 1. The summed E-state index contributed by atoms with van der Waals surface area (Å²) in [4.78, 5) is 3.87. The molecule has 0 saturated carbocycles. The summed E-state index contributed by atoms with van der Waals surface area (Å²) in [6.07, 6.45) is 1.27. The van der Waals surface area contributed by atoms with Crippen LogP contribution in [0.15, 0.2) is 22.9 Å². The van der Waals surface area contributed by atoms with Crippen molar-refractivity contribution in [2.75, 3.05) is 0 Å². The molecule has 1 atom stereocenters. The molecule has 0 amide bonds. The number of benzene rings is 1. The van der Waals surface area contributed by atoms with Gasteiger partial charge in [-0.15, -0.1) is 0 Å². The summed E-state index contributed by atoms with van der Waals surface area (Å²) in [5.41, 5.74) is 1.51. The fourth-order valence-corrected chi connectivity index (χ4v) is 1.35. The smallest absolute Gasteiger partial charge is 0.182 e. The predicted octanol–water partition coefficient (Wildman–Crippen LogP) is 2.16. The average molecular weight is 188 g/mol. The molecule has 0 radical (unpaired) electrons. The molecule has 0 aliphatic carbocycles. The predicted molar refractivity (Wildman–Crippen MR) is 49.7 cm³/mol. The highest BCUT2D eigenvalue weighted by Crippen LogP contribution is 2.31. The number of rotatable bonds is 1. The monoisotopic (exact) mass is 188 g/mol. The standard InChI is InChI=1S/C10H8N2O2/c1-6(4-11)7-2-3-8-9(10(7)13)12-5-14-8/h2-3,5-6,13H,1H3. The number of aromatic hydroxyl groups is 1. The van der Waals surface area contributed by atoms with E-state index in [1.165, 1.54) is 6.39 Å². The van der Waals surface area contributed by atoms with Crippen molar-refractivity contribution in [2.45, 2.75) is 12.8 Å². The molecule has 0 fully saturated rings. The third-order valence-corrected chi connectivity index (χ3v) is 2.17. The molecular weight excluding hydrogens is 180 g/mol. The Morgan fingerprint density at radius 3 is 3.07 bits per heavy atom. The lowest BCUT2D eigenvalue weighted by atomic mass is 10.0. The molecule has 0 bridgehead atoms. The molecule has 1 heterocycles. The Balaban J connectivity index is 2.69. The number of nitrogens with zero attached hydrogens (tertiary/aromatic N) is 2. The van der Waals surface area contributed by atoms with Crippen molar-refractivity contribution in [3.8, 4) is 11.8 Å². The van der Waals surface area contributed by atoms with Crippen LogP contribution in [0.2, 0.25) is 0 Å². The van der Waals surface area contributed by atoms with Crippen LogP contribution in [0.4, 0.5) is 0 Å². The van der Waals surface area contributed by atoms with Crippen molar-refractivity contribution in [3.05, 3.63) is 24.1 Å². The van der Waals surface area contributed by atoms with Gasteiger partial charge >= 0.3 is 0 Å². The molecule has 4 heteroatoms. The van der Waals surface area contributed by atoms with Crippen LogP contribution in [0.5, 0.6) is 5.75 Å². The van der Waals surface area contributed by atoms with Gasteiger partial charge in [0.1, 0.15) is 5.75 Å². The quantitative estimate of drug-likeness (QED) is 0.744. The minimum atomic E-state index is -0.351. The maximum atomic E-state index is 9.77. The van der Waals surface area contributed by atoms with Crippen molar-refractivity contribution in [3.63, 3.8) is 0 Å². The van der Waals surface area contributed by atoms with E-state index in [2.05, 4.69) is 11.1 Å². The van der Waals surface area contributed by atoms with Gasteiger partial charge in [-0.3, -0.25) is 0 Å². The van der Waals surface area contributed by atoms with Crippen molar-refractivity contribution in [2.24, 2.45) is 0 Å². The van der Waals surface area contributed by atoms with Crippen molar-refractivity contribution >= 4 is 11.1 Å². The zero-order valence-corrected chi connectivity index (χ0v) is 7.56. The maximum Gasteiger partial charge on any atom is 0.182 e. The molecule has 0 aliphatic rings. The van der Waals surface area contributed by atoms with Gasteiger partial charge in [-0.05, 0) is 13.0 Å². The van der Waals surface area contributed by atoms with E-state index in [-0.39, 0.29) is 11.7 Å². The largest absolute Gasteiger partial charge is 0.505 e. The first-order valence-corrected chi connectivity index (χ1v) is 4.18. The fourth-order valence-electron chi connectivity index (χ4n) is 1.35. The topological polar surface area (TPSA) is 70.0 Å². The van der Waals surface area contributed by atoms with Crippen LogP contribution in [0, 0.1) is 11.3 Å². The Morgan fingerprint density at radius 2 is 2.36 bits per heavy atom. The van der Waals surface area contributed by atoms with Gasteiger partial charge in [-0.2, -0.15) is 5.26 Å². The average Bonchev–Trinajstić information content (AvgIpc) is 2.66. The molecule has 1 unspecified atom stereocenters. The van der Waals surface area contributed by atoms with E-state index < -0.39 is 0 Å². The Kier molecular flexibility index (Phi) is 1.86. The normalized spacial score (nSPS) is 12.6. The molecule has 4 nitrogen and oxygen atoms in total. The first-order chi connectivity index (χ1) is 6.74. The number of nitriles is 1. The fraction of sp³-hybridized carbons (Fsp3) is 0.200. The van der Waals surface area contributed by atoms with Gasteiger partial charge in [0.2, 0.25) is 0 Å². The van der Waals surface area contributed by atoms with Crippen LogP contribution in [-0.4, -0.2) is 10.1 Å². The number of hydrogen-bond donors (Lipinski definition) is 1. The zero-order chi connectivity index (χ0) is 10.1. The highest BCUT2D eigenvalue weighted by Gasteiger charge is 2.14. The Labute approximate surface area is 80.4 Å².